The molecule has 1 amide bonds. The highest BCUT2D eigenvalue weighted by Crippen LogP contribution is 2.36. The number of nitrogens with one attached hydrogen (secondary N) is 2. The number of morpholine rings is 1. The molecule has 2 saturated heterocycles. The predicted molar refractivity (Wildman–Crippen MR) is 146 cm³/mol. The Morgan fingerprint density at radius 1 is 1.02 bits per heavy atom. The number of H-pyrrole nitrogens is 1. The topological polar surface area (TPSA) is 114 Å². The highest BCUT2D eigenvalue weighted by molar-refractivity contribution is 5.95. The molecule has 4 aromatic rings. The standard InChI is InChI=1S/C29H29FN6O4/c1-29(27(37)32-21-5-3-2-4-6-21)17-39-26(40-18-29)25-34-23(19-7-9-20(30)10-8-19)24(35-25)22-11-12-31-28(33-22)36-13-15-38-16-14-36/h2-12,26H,13-18H2,1H3,(H,32,37)(H,34,35). The number of hydrogen-bond acceptors (Lipinski definition) is 8. The van der Waals surface area contributed by atoms with Crippen molar-refractivity contribution < 1.29 is 23.4 Å². The van der Waals surface area contributed by atoms with Gasteiger partial charge in [0, 0.05) is 30.5 Å². The van der Waals surface area contributed by atoms with Crippen molar-refractivity contribution in [2.45, 2.75) is 13.2 Å². The minimum absolute atomic E-state index is 0.132. The van der Waals surface area contributed by atoms with Crippen molar-refractivity contribution in [3.63, 3.8) is 0 Å². The molecular formula is C29H29FN6O4. The molecule has 2 aliphatic rings. The van der Waals surface area contributed by atoms with Gasteiger partial charge in [0.1, 0.15) is 5.82 Å². The number of halogens is 1. The van der Waals surface area contributed by atoms with E-state index in [0.29, 0.717) is 66.4 Å². The zero-order valence-electron chi connectivity index (χ0n) is 22.0. The number of rotatable bonds is 6. The Bertz CT molecular complexity index is 1470. The molecule has 0 saturated carbocycles. The molecule has 0 bridgehead atoms. The van der Waals surface area contributed by atoms with Crippen LogP contribution in [0.15, 0.2) is 66.9 Å². The van der Waals surface area contributed by atoms with Gasteiger partial charge in [-0.2, -0.15) is 0 Å². The van der Waals surface area contributed by atoms with Crippen molar-refractivity contribution in [2.75, 3.05) is 49.7 Å². The molecule has 2 N–H and O–H groups in total. The van der Waals surface area contributed by atoms with Gasteiger partial charge in [-0.25, -0.2) is 19.3 Å². The minimum atomic E-state index is -0.888. The first kappa shape index (κ1) is 26.1. The van der Waals surface area contributed by atoms with Crippen molar-refractivity contribution in [2.24, 2.45) is 5.41 Å². The molecule has 2 aliphatic heterocycles. The summed E-state index contributed by atoms with van der Waals surface area (Å²) in [5.74, 6) is 0.476. The second-order valence-electron chi connectivity index (χ2n) is 10.0. The lowest BCUT2D eigenvalue weighted by Crippen LogP contribution is -2.45. The molecule has 10 nitrogen and oxygen atoms in total. The summed E-state index contributed by atoms with van der Waals surface area (Å²) in [6.07, 6.45) is 0.873. The Balaban J connectivity index is 1.26. The quantitative estimate of drug-likeness (QED) is 0.371. The summed E-state index contributed by atoms with van der Waals surface area (Å²) in [5, 5.41) is 2.92. The lowest BCUT2D eigenvalue weighted by molar-refractivity contribution is -0.229. The Kier molecular flexibility index (Phi) is 7.25. The van der Waals surface area contributed by atoms with Crippen molar-refractivity contribution in [3.8, 4) is 22.6 Å². The number of carbonyl (C=O) groups is 1. The lowest BCUT2D eigenvalue weighted by atomic mass is 9.91. The Labute approximate surface area is 230 Å². The average molecular weight is 545 g/mol. The van der Waals surface area contributed by atoms with E-state index in [9.17, 15) is 9.18 Å². The minimum Gasteiger partial charge on any atom is -0.378 e. The second-order valence-corrected chi connectivity index (χ2v) is 10.0. The number of benzene rings is 2. The molecule has 2 aromatic heterocycles. The first-order chi connectivity index (χ1) is 19.5. The molecule has 0 unspecified atom stereocenters. The van der Waals surface area contributed by atoms with E-state index >= 15 is 0 Å². The zero-order valence-corrected chi connectivity index (χ0v) is 22.0. The molecule has 2 aromatic carbocycles. The van der Waals surface area contributed by atoms with Crippen molar-refractivity contribution in [3.05, 3.63) is 78.5 Å². The number of ether oxygens (including phenoxy) is 3. The molecular weight excluding hydrogens is 515 g/mol. The Morgan fingerprint density at radius 3 is 2.48 bits per heavy atom. The van der Waals surface area contributed by atoms with Gasteiger partial charge in [-0.3, -0.25) is 4.79 Å². The highest BCUT2D eigenvalue weighted by atomic mass is 19.1. The van der Waals surface area contributed by atoms with Crippen LogP contribution < -0.4 is 10.2 Å². The van der Waals surface area contributed by atoms with Gasteiger partial charge in [0.2, 0.25) is 18.1 Å². The maximum Gasteiger partial charge on any atom is 0.234 e. The fourth-order valence-electron chi connectivity index (χ4n) is 4.61. The summed E-state index contributed by atoms with van der Waals surface area (Å²) in [6.45, 7) is 4.68. The summed E-state index contributed by atoms with van der Waals surface area (Å²) in [6, 6.07) is 17.1. The third-order valence-electron chi connectivity index (χ3n) is 6.94. The highest BCUT2D eigenvalue weighted by Gasteiger charge is 2.41. The van der Waals surface area contributed by atoms with Gasteiger partial charge in [0.05, 0.1) is 48.9 Å². The third-order valence-corrected chi connectivity index (χ3v) is 6.94. The summed E-state index contributed by atoms with van der Waals surface area (Å²) < 4.78 is 31.2. The average Bonchev–Trinajstić information content (AvgIpc) is 3.44. The van der Waals surface area contributed by atoms with E-state index in [1.807, 2.05) is 30.3 Å². The summed E-state index contributed by atoms with van der Waals surface area (Å²) in [7, 11) is 0. The van der Waals surface area contributed by atoms with E-state index in [4.69, 9.17) is 24.2 Å². The van der Waals surface area contributed by atoms with Gasteiger partial charge in [-0.05, 0) is 49.4 Å². The fraction of sp³-hybridized carbons (Fsp3) is 0.310. The van der Waals surface area contributed by atoms with Crippen LogP contribution in [0.1, 0.15) is 19.0 Å². The molecule has 0 spiro atoms. The molecule has 11 heteroatoms. The van der Waals surface area contributed by atoms with Crippen molar-refractivity contribution >= 4 is 17.5 Å². The molecule has 0 radical (unpaired) electrons. The number of carbonyl (C=O) groups excluding carboxylic acids is 1. The normalized spacial score (nSPS) is 21.2. The molecule has 2 fully saturated rings. The molecule has 6 rings (SSSR count). The van der Waals surface area contributed by atoms with E-state index in [1.54, 1.807) is 31.3 Å². The van der Waals surface area contributed by atoms with Crippen LogP contribution in [-0.2, 0) is 19.0 Å². The molecule has 206 valence electrons. The van der Waals surface area contributed by atoms with Gasteiger partial charge in [-0.15, -0.1) is 0 Å². The van der Waals surface area contributed by atoms with E-state index in [-0.39, 0.29) is 24.9 Å². The third kappa shape index (κ3) is 5.44. The molecule has 40 heavy (non-hydrogen) atoms. The van der Waals surface area contributed by atoms with Crippen LogP contribution in [0.4, 0.5) is 16.0 Å². The van der Waals surface area contributed by atoms with Gasteiger partial charge in [0.15, 0.2) is 5.82 Å². The van der Waals surface area contributed by atoms with Gasteiger partial charge in [-0.1, -0.05) is 18.2 Å². The number of hydrogen-bond donors (Lipinski definition) is 2. The van der Waals surface area contributed by atoms with Crippen LogP contribution in [-0.4, -0.2) is 65.4 Å². The number of amides is 1. The zero-order chi connectivity index (χ0) is 27.5. The van der Waals surface area contributed by atoms with Crippen LogP contribution >= 0.6 is 0 Å². The summed E-state index contributed by atoms with van der Waals surface area (Å²) >= 11 is 0. The fourth-order valence-corrected chi connectivity index (χ4v) is 4.61. The van der Waals surface area contributed by atoms with E-state index < -0.39 is 11.7 Å². The smallest absolute Gasteiger partial charge is 0.234 e. The van der Waals surface area contributed by atoms with Crippen LogP contribution in [0.2, 0.25) is 0 Å². The van der Waals surface area contributed by atoms with Gasteiger partial charge in [0.25, 0.3) is 0 Å². The van der Waals surface area contributed by atoms with Crippen molar-refractivity contribution in [1.82, 2.24) is 19.9 Å². The van der Waals surface area contributed by atoms with Crippen molar-refractivity contribution in [1.29, 1.82) is 0 Å². The van der Waals surface area contributed by atoms with Crippen LogP contribution in [0.3, 0.4) is 0 Å². The van der Waals surface area contributed by atoms with E-state index in [0.717, 1.165) is 0 Å². The van der Waals surface area contributed by atoms with E-state index in [2.05, 4.69) is 20.2 Å². The lowest BCUT2D eigenvalue weighted by Gasteiger charge is -2.35. The number of aromatic nitrogens is 4. The van der Waals surface area contributed by atoms with E-state index in [1.165, 1.54) is 12.1 Å². The van der Waals surface area contributed by atoms with Crippen LogP contribution in [0, 0.1) is 11.2 Å². The number of nitrogens with zero attached hydrogens (tertiary/aromatic N) is 4. The number of aromatic amines is 1. The predicted octanol–water partition coefficient (Wildman–Crippen LogP) is 4.20. The van der Waals surface area contributed by atoms with Gasteiger partial charge < -0.3 is 29.4 Å². The number of para-hydroxylation sites is 1. The first-order valence-electron chi connectivity index (χ1n) is 13.1. The SMILES string of the molecule is CC1(C(=O)Nc2ccccc2)COC(c2nc(-c3ccc(F)cc3)c(-c3ccnc(N4CCOCC4)n3)[nH]2)OC1. The largest absolute Gasteiger partial charge is 0.378 e. The number of imidazole rings is 1. The Morgan fingerprint density at radius 2 is 1.75 bits per heavy atom. The van der Waals surface area contributed by atoms with Crippen LogP contribution in [0.5, 0.6) is 0 Å². The summed E-state index contributed by atoms with van der Waals surface area (Å²) in [5.41, 5.74) is 2.34. The maximum absolute atomic E-state index is 13.7. The molecule has 0 aliphatic carbocycles. The van der Waals surface area contributed by atoms with Crippen LogP contribution in [0.25, 0.3) is 22.6 Å². The Hall–Kier alpha value is -4.19. The monoisotopic (exact) mass is 544 g/mol. The first-order valence-corrected chi connectivity index (χ1v) is 13.1. The molecule has 4 heterocycles. The van der Waals surface area contributed by atoms with Gasteiger partial charge >= 0.3 is 0 Å². The second kappa shape index (κ2) is 11.1. The molecule has 0 atom stereocenters. The number of anilines is 2. The summed E-state index contributed by atoms with van der Waals surface area (Å²) in [4.78, 5) is 32.4. The maximum atomic E-state index is 13.7.